The Morgan fingerprint density at radius 1 is 1.23 bits per heavy atom. The zero-order valence-corrected chi connectivity index (χ0v) is 20.5. The Balaban J connectivity index is 1.41. The van der Waals surface area contributed by atoms with Crippen LogP contribution in [0.2, 0.25) is 5.02 Å². The molecule has 184 valence electrons. The fraction of sp³-hybridized carbons (Fsp3) is 0.360. The molecule has 2 aliphatic rings. The standard InChI is InChI=1S/C25H27ClN4O5/c1-13(2)17-9-18(26)21(35-3)10-19(17)28-25(34)27-11-14-4-5-16-15(8-14)12-30(24(16)33)20-6-7-22(31)29-23(20)32/h4-5,8-10,13,20H,6-7,11-12H2,1-3H3,(H2,27,28,34)(H,29,31,32). The number of imide groups is 1. The van der Waals surface area contributed by atoms with Gasteiger partial charge in [0.15, 0.2) is 0 Å². The summed E-state index contributed by atoms with van der Waals surface area (Å²) < 4.78 is 5.27. The Morgan fingerprint density at radius 3 is 2.69 bits per heavy atom. The zero-order valence-electron chi connectivity index (χ0n) is 19.7. The van der Waals surface area contributed by atoms with Crippen LogP contribution in [0.15, 0.2) is 30.3 Å². The summed E-state index contributed by atoms with van der Waals surface area (Å²) in [6.45, 7) is 4.53. The van der Waals surface area contributed by atoms with Gasteiger partial charge in [-0.15, -0.1) is 0 Å². The second kappa shape index (κ2) is 9.95. The lowest BCUT2D eigenvalue weighted by molar-refractivity contribution is -0.136. The predicted molar refractivity (Wildman–Crippen MR) is 130 cm³/mol. The van der Waals surface area contributed by atoms with Crippen molar-refractivity contribution in [3.63, 3.8) is 0 Å². The summed E-state index contributed by atoms with van der Waals surface area (Å²) in [5, 5.41) is 8.46. The third-order valence-electron chi connectivity index (χ3n) is 6.24. The summed E-state index contributed by atoms with van der Waals surface area (Å²) in [5.74, 6) is -0.393. The van der Waals surface area contributed by atoms with Crippen LogP contribution in [0, 0.1) is 0 Å². The molecule has 9 nitrogen and oxygen atoms in total. The molecule has 0 aliphatic carbocycles. The molecule has 1 fully saturated rings. The van der Waals surface area contributed by atoms with Crippen LogP contribution in [0.5, 0.6) is 5.75 Å². The van der Waals surface area contributed by atoms with Crippen LogP contribution in [0.25, 0.3) is 0 Å². The molecule has 1 unspecified atom stereocenters. The van der Waals surface area contributed by atoms with E-state index in [0.717, 1.165) is 16.7 Å². The molecular formula is C25H27ClN4O5. The number of carbonyl (C=O) groups excluding carboxylic acids is 4. The largest absolute Gasteiger partial charge is 0.495 e. The maximum Gasteiger partial charge on any atom is 0.319 e. The number of methoxy groups -OCH3 is 1. The van der Waals surface area contributed by atoms with Gasteiger partial charge in [-0.2, -0.15) is 0 Å². The lowest BCUT2D eigenvalue weighted by Gasteiger charge is -2.29. The molecule has 0 spiro atoms. The highest BCUT2D eigenvalue weighted by atomic mass is 35.5. The molecule has 2 aromatic rings. The van der Waals surface area contributed by atoms with E-state index in [4.69, 9.17) is 16.3 Å². The molecule has 35 heavy (non-hydrogen) atoms. The Hall–Kier alpha value is -3.59. The number of halogens is 1. The number of fused-ring (bicyclic) bond motifs is 1. The topological polar surface area (TPSA) is 117 Å². The van der Waals surface area contributed by atoms with Gasteiger partial charge in [0.2, 0.25) is 11.8 Å². The van der Waals surface area contributed by atoms with Gasteiger partial charge in [0, 0.05) is 36.8 Å². The molecule has 2 heterocycles. The number of hydrogen-bond acceptors (Lipinski definition) is 5. The van der Waals surface area contributed by atoms with Crippen molar-refractivity contribution in [3.8, 4) is 5.75 Å². The van der Waals surface area contributed by atoms with E-state index in [2.05, 4.69) is 16.0 Å². The quantitative estimate of drug-likeness (QED) is 0.526. The first kappa shape index (κ1) is 24.5. The van der Waals surface area contributed by atoms with E-state index >= 15 is 0 Å². The molecule has 2 aliphatic heterocycles. The number of benzene rings is 2. The van der Waals surface area contributed by atoms with Gasteiger partial charge in [0.1, 0.15) is 11.8 Å². The lowest BCUT2D eigenvalue weighted by Crippen LogP contribution is -2.52. The third-order valence-corrected chi connectivity index (χ3v) is 6.53. The first-order valence-corrected chi connectivity index (χ1v) is 11.7. The van der Waals surface area contributed by atoms with E-state index < -0.39 is 18.0 Å². The predicted octanol–water partition coefficient (Wildman–Crippen LogP) is 3.55. The van der Waals surface area contributed by atoms with E-state index in [1.54, 1.807) is 24.3 Å². The highest BCUT2D eigenvalue weighted by Crippen LogP contribution is 2.35. The van der Waals surface area contributed by atoms with E-state index in [9.17, 15) is 19.2 Å². The van der Waals surface area contributed by atoms with Crippen LogP contribution in [-0.2, 0) is 22.7 Å². The monoisotopic (exact) mass is 498 g/mol. The normalized spacial score (nSPS) is 17.3. The summed E-state index contributed by atoms with van der Waals surface area (Å²) in [5.41, 5.74) is 3.62. The molecule has 1 saturated heterocycles. The van der Waals surface area contributed by atoms with Gasteiger partial charge in [-0.25, -0.2) is 4.79 Å². The number of ether oxygens (including phenoxy) is 1. The SMILES string of the molecule is COc1cc(NC(=O)NCc2ccc3c(c2)CN(C2CCC(=O)NC2=O)C3=O)c(C(C)C)cc1Cl. The van der Waals surface area contributed by atoms with Crippen molar-refractivity contribution in [2.24, 2.45) is 0 Å². The number of carbonyl (C=O) groups is 4. The van der Waals surface area contributed by atoms with Gasteiger partial charge in [-0.05, 0) is 41.2 Å². The molecule has 1 atom stereocenters. The van der Waals surface area contributed by atoms with Crippen molar-refractivity contribution >= 4 is 41.0 Å². The first-order valence-electron chi connectivity index (χ1n) is 11.4. The van der Waals surface area contributed by atoms with Crippen LogP contribution in [0.3, 0.4) is 0 Å². The average molecular weight is 499 g/mol. The van der Waals surface area contributed by atoms with E-state index in [0.29, 0.717) is 28.4 Å². The van der Waals surface area contributed by atoms with E-state index in [-0.39, 0.29) is 37.2 Å². The van der Waals surface area contributed by atoms with Gasteiger partial charge in [0.25, 0.3) is 5.91 Å². The summed E-state index contributed by atoms with van der Waals surface area (Å²) in [6.07, 6.45) is 0.520. The Bertz CT molecular complexity index is 1210. The molecule has 2 aromatic carbocycles. The summed E-state index contributed by atoms with van der Waals surface area (Å²) in [6, 6.07) is 7.76. The molecule has 10 heteroatoms. The minimum Gasteiger partial charge on any atom is -0.495 e. The molecular weight excluding hydrogens is 472 g/mol. The number of piperidine rings is 1. The number of nitrogens with one attached hydrogen (secondary N) is 3. The number of amides is 5. The van der Waals surface area contributed by atoms with Crippen molar-refractivity contribution in [2.75, 3.05) is 12.4 Å². The molecule has 5 amide bonds. The van der Waals surface area contributed by atoms with Gasteiger partial charge < -0.3 is 20.3 Å². The van der Waals surface area contributed by atoms with Crippen molar-refractivity contribution in [3.05, 3.63) is 57.6 Å². The highest BCUT2D eigenvalue weighted by molar-refractivity contribution is 6.32. The fourth-order valence-electron chi connectivity index (χ4n) is 4.40. The van der Waals surface area contributed by atoms with Gasteiger partial charge in [-0.1, -0.05) is 37.6 Å². The number of nitrogens with zero attached hydrogens (tertiary/aromatic N) is 1. The van der Waals surface area contributed by atoms with Gasteiger partial charge in [0.05, 0.1) is 12.1 Å². The van der Waals surface area contributed by atoms with Crippen LogP contribution >= 0.6 is 11.6 Å². The van der Waals surface area contributed by atoms with Crippen LogP contribution in [-0.4, -0.2) is 41.8 Å². The smallest absolute Gasteiger partial charge is 0.319 e. The minimum absolute atomic E-state index is 0.135. The molecule has 4 rings (SSSR count). The van der Waals surface area contributed by atoms with Crippen molar-refractivity contribution in [1.29, 1.82) is 0 Å². The number of hydrogen-bond donors (Lipinski definition) is 3. The number of urea groups is 1. The van der Waals surface area contributed by atoms with Crippen molar-refractivity contribution in [2.45, 2.75) is 51.7 Å². The first-order chi connectivity index (χ1) is 16.7. The van der Waals surface area contributed by atoms with Gasteiger partial charge in [-0.3, -0.25) is 19.7 Å². The summed E-state index contributed by atoms with van der Waals surface area (Å²) in [7, 11) is 1.51. The van der Waals surface area contributed by atoms with Crippen LogP contribution in [0.1, 0.15) is 59.7 Å². The molecule has 0 bridgehead atoms. The maximum absolute atomic E-state index is 12.8. The van der Waals surface area contributed by atoms with Crippen LogP contribution in [0.4, 0.5) is 10.5 Å². The second-order valence-electron chi connectivity index (χ2n) is 8.93. The Morgan fingerprint density at radius 2 is 2.00 bits per heavy atom. The Kier molecular flexibility index (Phi) is 6.98. The van der Waals surface area contributed by atoms with Gasteiger partial charge >= 0.3 is 6.03 Å². The second-order valence-corrected chi connectivity index (χ2v) is 9.34. The zero-order chi connectivity index (χ0) is 25.3. The molecule has 0 radical (unpaired) electrons. The fourth-order valence-corrected chi connectivity index (χ4v) is 4.65. The molecule has 0 saturated carbocycles. The molecule has 3 N–H and O–H groups in total. The lowest BCUT2D eigenvalue weighted by atomic mass is 10.0. The number of anilines is 1. The third kappa shape index (κ3) is 5.09. The minimum atomic E-state index is -0.661. The molecule has 0 aromatic heterocycles. The van der Waals surface area contributed by atoms with E-state index in [1.807, 2.05) is 19.9 Å². The number of rotatable bonds is 6. The van der Waals surface area contributed by atoms with Crippen molar-refractivity contribution in [1.82, 2.24) is 15.5 Å². The van der Waals surface area contributed by atoms with E-state index in [1.165, 1.54) is 12.0 Å². The van der Waals surface area contributed by atoms with Crippen molar-refractivity contribution < 1.29 is 23.9 Å². The highest BCUT2D eigenvalue weighted by Gasteiger charge is 2.39. The average Bonchev–Trinajstić information content (AvgIpc) is 3.14. The Labute approximate surface area is 208 Å². The summed E-state index contributed by atoms with van der Waals surface area (Å²) >= 11 is 6.24. The maximum atomic E-state index is 12.8. The summed E-state index contributed by atoms with van der Waals surface area (Å²) in [4.78, 5) is 50.6. The van der Waals surface area contributed by atoms with Crippen LogP contribution < -0.4 is 20.7 Å².